The number of nitrogens with zero attached hydrogens (tertiary/aromatic N) is 2. The number of phenolic OH excluding ortho intramolecular Hbond substituents is 1. The van der Waals surface area contributed by atoms with E-state index in [-0.39, 0.29) is 42.2 Å². The fraction of sp³-hybridized carbons (Fsp3) is 0.520. The molecule has 1 heterocycles. The predicted octanol–water partition coefficient (Wildman–Crippen LogP) is 3.74. The Kier molecular flexibility index (Phi) is 9.15. The van der Waals surface area contributed by atoms with E-state index in [2.05, 4.69) is 25.8 Å². The molecule has 0 saturated heterocycles. The summed E-state index contributed by atoms with van der Waals surface area (Å²) in [6, 6.07) is 4.86. The van der Waals surface area contributed by atoms with Crippen LogP contribution in [0.5, 0.6) is 17.2 Å². The third-order valence-corrected chi connectivity index (χ3v) is 5.56. The molecule has 11 nitrogen and oxygen atoms in total. The lowest BCUT2D eigenvalue weighted by Crippen LogP contribution is -2.33. The van der Waals surface area contributed by atoms with Crippen molar-refractivity contribution >= 4 is 24.0 Å². The van der Waals surface area contributed by atoms with Crippen LogP contribution in [0.4, 0.5) is 10.6 Å². The Balaban J connectivity index is 1.56. The Morgan fingerprint density at radius 2 is 2.03 bits per heavy atom. The number of rotatable bonds is 10. The maximum Gasteiger partial charge on any atom is 0.407 e. The largest absolute Gasteiger partial charge is 0.507 e. The van der Waals surface area contributed by atoms with Crippen molar-refractivity contribution in [1.82, 2.24) is 15.5 Å². The molecule has 11 heteroatoms. The number of hydrogen-bond donors (Lipinski definition) is 4. The summed E-state index contributed by atoms with van der Waals surface area (Å²) in [5.41, 5.74) is 1.23. The molecule has 2 atom stereocenters. The Hall–Kier alpha value is -3.76. The zero-order valence-corrected chi connectivity index (χ0v) is 21.3. The molecule has 1 aliphatic rings. The molecule has 1 fully saturated rings. The van der Waals surface area contributed by atoms with Crippen molar-refractivity contribution in [2.45, 2.75) is 71.1 Å². The fourth-order valence-corrected chi connectivity index (χ4v) is 3.86. The number of aromatic hydroxyl groups is 1. The lowest BCUT2D eigenvalue weighted by atomic mass is 10.0. The van der Waals surface area contributed by atoms with Crippen molar-refractivity contribution in [3.63, 3.8) is 0 Å². The lowest BCUT2D eigenvalue weighted by Gasteiger charge is -2.14. The number of amides is 2. The van der Waals surface area contributed by atoms with Crippen molar-refractivity contribution in [3.05, 3.63) is 29.5 Å². The minimum absolute atomic E-state index is 0.0202. The summed E-state index contributed by atoms with van der Waals surface area (Å²) in [5.74, 6) is 0.704. The van der Waals surface area contributed by atoms with Crippen LogP contribution in [0.2, 0.25) is 0 Å². The number of carbonyl (C=O) groups is 2. The van der Waals surface area contributed by atoms with Gasteiger partial charge in [0, 0.05) is 48.1 Å². The number of hydrogen-bond acceptors (Lipinski definition) is 8. The van der Waals surface area contributed by atoms with Gasteiger partial charge in [-0.2, -0.15) is 5.10 Å². The molecule has 2 amide bonds. The van der Waals surface area contributed by atoms with Gasteiger partial charge in [0.05, 0.1) is 12.7 Å². The third-order valence-electron chi connectivity index (χ3n) is 5.56. The first-order chi connectivity index (χ1) is 17.1. The highest BCUT2D eigenvalue weighted by Crippen LogP contribution is 2.36. The van der Waals surface area contributed by atoms with Gasteiger partial charge in [-0.1, -0.05) is 0 Å². The highest BCUT2D eigenvalue weighted by molar-refractivity contribution is 5.92. The number of alkyl carbamates (subject to hydrolysis) is 1. The monoisotopic (exact) mass is 501 g/mol. The summed E-state index contributed by atoms with van der Waals surface area (Å²) in [6.45, 7) is 7.27. The van der Waals surface area contributed by atoms with Gasteiger partial charge < -0.3 is 30.0 Å². The first kappa shape index (κ1) is 26.8. The van der Waals surface area contributed by atoms with E-state index in [1.54, 1.807) is 12.1 Å². The Labute approximate surface area is 210 Å². The van der Waals surface area contributed by atoms with Crippen molar-refractivity contribution in [3.8, 4) is 17.2 Å². The molecular formula is C25H35N5O6. The van der Waals surface area contributed by atoms with Crippen LogP contribution < -0.4 is 20.1 Å². The average molecular weight is 502 g/mol. The molecule has 0 radical (unpaired) electrons. The van der Waals surface area contributed by atoms with E-state index < -0.39 is 12.0 Å². The summed E-state index contributed by atoms with van der Waals surface area (Å²) in [5, 5.41) is 22.9. The second-order valence-electron chi connectivity index (χ2n) is 9.31. The SMILES string of the molecule is COc1cc(O)c(C=NC(C)C)c(OCC(=O)Nc2cc(C3CC[C@@H](OC(=O)NC(C)C)C3)[nH]n2)c1. The van der Waals surface area contributed by atoms with Gasteiger partial charge in [0.15, 0.2) is 12.4 Å². The number of anilines is 1. The summed E-state index contributed by atoms with van der Waals surface area (Å²) in [4.78, 5) is 28.6. The first-order valence-corrected chi connectivity index (χ1v) is 12.0. The number of phenols is 1. The average Bonchev–Trinajstić information content (AvgIpc) is 3.45. The predicted molar refractivity (Wildman–Crippen MR) is 135 cm³/mol. The molecule has 4 N–H and O–H groups in total. The van der Waals surface area contributed by atoms with Crippen LogP contribution in [0.15, 0.2) is 23.2 Å². The van der Waals surface area contributed by atoms with Crippen LogP contribution in [0, 0.1) is 0 Å². The normalized spacial score (nSPS) is 17.5. The van der Waals surface area contributed by atoms with Crippen LogP contribution in [-0.4, -0.2) is 65.4 Å². The number of aromatic amines is 1. The van der Waals surface area contributed by atoms with Gasteiger partial charge in [0.1, 0.15) is 23.4 Å². The fourth-order valence-electron chi connectivity index (χ4n) is 3.86. The number of nitrogens with one attached hydrogen (secondary N) is 3. The van der Waals surface area contributed by atoms with E-state index >= 15 is 0 Å². The topological polar surface area (TPSA) is 147 Å². The van der Waals surface area contributed by atoms with Crippen molar-refractivity contribution in [1.29, 1.82) is 0 Å². The highest BCUT2D eigenvalue weighted by Gasteiger charge is 2.30. The molecule has 0 bridgehead atoms. The smallest absolute Gasteiger partial charge is 0.407 e. The third kappa shape index (κ3) is 7.62. The Morgan fingerprint density at radius 3 is 2.72 bits per heavy atom. The van der Waals surface area contributed by atoms with Crippen LogP contribution in [0.3, 0.4) is 0 Å². The van der Waals surface area contributed by atoms with Gasteiger partial charge in [-0.05, 0) is 47.0 Å². The Bertz CT molecular complexity index is 1080. The van der Waals surface area contributed by atoms with Gasteiger partial charge in [0.25, 0.3) is 5.91 Å². The second kappa shape index (κ2) is 12.3. The Morgan fingerprint density at radius 1 is 1.25 bits per heavy atom. The number of benzene rings is 1. The molecular weight excluding hydrogens is 466 g/mol. The maximum atomic E-state index is 12.5. The quantitative estimate of drug-likeness (QED) is 0.363. The highest BCUT2D eigenvalue weighted by atomic mass is 16.6. The van der Waals surface area contributed by atoms with Gasteiger partial charge in [-0.3, -0.25) is 14.9 Å². The van der Waals surface area contributed by atoms with Crippen LogP contribution in [0.25, 0.3) is 0 Å². The number of carbonyl (C=O) groups excluding carboxylic acids is 2. The molecule has 3 rings (SSSR count). The zero-order valence-electron chi connectivity index (χ0n) is 21.3. The van der Waals surface area contributed by atoms with Gasteiger partial charge in [-0.15, -0.1) is 0 Å². The lowest BCUT2D eigenvalue weighted by molar-refractivity contribution is -0.118. The van der Waals surface area contributed by atoms with E-state index in [9.17, 15) is 14.7 Å². The summed E-state index contributed by atoms with van der Waals surface area (Å²) >= 11 is 0. The minimum Gasteiger partial charge on any atom is -0.507 e. The summed E-state index contributed by atoms with van der Waals surface area (Å²) in [6.07, 6.45) is 3.24. The van der Waals surface area contributed by atoms with Gasteiger partial charge in [-0.25, -0.2) is 4.79 Å². The molecule has 1 saturated carbocycles. The molecule has 196 valence electrons. The number of ether oxygens (including phenoxy) is 3. The van der Waals surface area contributed by atoms with E-state index in [4.69, 9.17) is 14.2 Å². The summed E-state index contributed by atoms with van der Waals surface area (Å²) < 4.78 is 16.3. The van der Waals surface area contributed by atoms with Gasteiger partial charge in [0.2, 0.25) is 0 Å². The number of methoxy groups -OCH3 is 1. The van der Waals surface area contributed by atoms with Gasteiger partial charge >= 0.3 is 6.09 Å². The molecule has 2 aromatic rings. The maximum absolute atomic E-state index is 12.5. The molecule has 1 aliphatic carbocycles. The minimum atomic E-state index is -0.417. The van der Waals surface area contributed by atoms with E-state index in [1.165, 1.54) is 19.4 Å². The molecule has 0 aliphatic heterocycles. The standard InChI is InChI=1S/C25H35N5O6/c1-14(2)26-12-19-21(31)9-18(34-5)10-22(19)35-13-24(32)28-23-11-20(29-30-23)16-6-7-17(8-16)36-25(33)27-15(3)4/h9-12,14-17,31H,6-8,13H2,1-5H3,(H,27,33)(H2,28,29,30,32)/t16?,17-/m1/s1. The van der Waals surface area contributed by atoms with Crippen LogP contribution >= 0.6 is 0 Å². The molecule has 1 aromatic heterocycles. The van der Waals surface area contributed by atoms with Crippen molar-refractivity contribution in [2.24, 2.45) is 4.99 Å². The van der Waals surface area contributed by atoms with Crippen LogP contribution in [0.1, 0.15) is 64.1 Å². The van der Waals surface area contributed by atoms with E-state index in [1.807, 2.05) is 27.7 Å². The van der Waals surface area contributed by atoms with Crippen molar-refractivity contribution in [2.75, 3.05) is 19.0 Å². The zero-order chi connectivity index (χ0) is 26.2. The van der Waals surface area contributed by atoms with Crippen LogP contribution in [-0.2, 0) is 9.53 Å². The molecule has 0 spiro atoms. The number of aromatic nitrogens is 2. The van der Waals surface area contributed by atoms with E-state index in [0.29, 0.717) is 23.6 Å². The number of aliphatic imine (C=N–C) groups is 1. The first-order valence-electron chi connectivity index (χ1n) is 12.0. The summed E-state index contributed by atoms with van der Waals surface area (Å²) in [7, 11) is 1.47. The molecule has 36 heavy (non-hydrogen) atoms. The van der Waals surface area contributed by atoms with Crippen molar-refractivity contribution < 1.29 is 28.9 Å². The second-order valence-corrected chi connectivity index (χ2v) is 9.31. The number of H-pyrrole nitrogens is 1. The molecule has 1 unspecified atom stereocenters. The van der Waals surface area contributed by atoms with E-state index in [0.717, 1.165) is 18.5 Å². The molecule has 1 aromatic carbocycles.